The van der Waals surface area contributed by atoms with Gasteiger partial charge in [-0.2, -0.15) is 0 Å². The third-order valence-electron chi connectivity index (χ3n) is 10.3. The summed E-state index contributed by atoms with van der Waals surface area (Å²) in [5.74, 6) is -1.92. The van der Waals surface area contributed by atoms with E-state index in [1.165, 1.54) is 0 Å². The summed E-state index contributed by atoms with van der Waals surface area (Å²) in [6.45, 7) is 4.21. The Balaban J connectivity index is 1.14. The van der Waals surface area contributed by atoms with Gasteiger partial charge >= 0.3 is 11.9 Å². The Bertz CT molecular complexity index is 1550. The summed E-state index contributed by atoms with van der Waals surface area (Å²) < 4.78 is 35.8. The number of hydrogen-bond donors (Lipinski definition) is 6. The minimum atomic E-state index is -1.57. The van der Waals surface area contributed by atoms with E-state index in [0.29, 0.717) is 11.1 Å². The first kappa shape index (κ1) is 40.4. The highest BCUT2D eigenvalue weighted by molar-refractivity contribution is 5.95. The van der Waals surface area contributed by atoms with Crippen LogP contribution in [0.4, 0.5) is 0 Å². The summed E-state index contributed by atoms with van der Waals surface area (Å²) in [5, 5.41) is 52.6. The Morgan fingerprint density at radius 1 is 1.00 bits per heavy atom. The van der Waals surface area contributed by atoms with Crippen molar-refractivity contribution in [3.8, 4) is 0 Å². The molecule has 0 spiro atoms. The van der Waals surface area contributed by atoms with Gasteiger partial charge in [0.25, 0.3) is 0 Å². The van der Waals surface area contributed by atoms with Crippen molar-refractivity contribution in [1.82, 2.24) is 5.32 Å². The third kappa shape index (κ3) is 9.40. The molecule has 0 aromatic heterocycles. The lowest BCUT2D eigenvalue weighted by molar-refractivity contribution is -0.298. The molecule has 0 bridgehead atoms. The van der Waals surface area contributed by atoms with Gasteiger partial charge in [-0.1, -0.05) is 30.4 Å². The summed E-state index contributed by atoms with van der Waals surface area (Å²) in [4.78, 5) is 39.8. The number of fused-ring (bicyclic) bond motifs is 1. The van der Waals surface area contributed by atoms with Crippen LogP contribution in [0.1, 0.15) is 81.6 Å². The number of hydrogen-bond acceptors (Lipinski definition) is 14. The second-order valence-electron chi connectivity index (χ2n) is 15.8. The van der Waals surface area contributed by atoms with Crippen molar-refractivity contribution in [3.63, 3.8) is 0 Å². The van der Waals surface area contributed by atoms with Crippen molar-refractivity contribution in [2.24, 2.45) is 11.8 Å². The van der Waals surface area contributed by atoms with Gasteiger partial charge in [0.05, 0.1) is 31.4 Å². The van der Waals surface area contributed by atoms with Gasteiger partial charge in [-0.05, 0) is 70.6 Å². The van der Waals surface area contributed by atoms with Crippen molar-refractivity contribution in [1.29, 1.82) is 0 Å². The maximum absolute atomic E-state index is 13.9. The number of carbonyl (C=O) groups excluding carboxylic acids is 3. The van der Waals surface area contributed by atoms with Gasteiger partial charge in [-0.15, -0.1) is 0 Å². The van der Waals surface area contributed by atoms with Gasteiger partial charge in [0.1, 0.15) is 48.3 Å². The molecule has 9 unspecified atom stereocenters. The summed E-state index contributed by atoms with van der Waals surface area (Å²) in [7, 11) is 0. The Hall–Kier alpha value is -3.25. The molecule has 1 aromatic rings. The lowest BCUT2D eigenvalue weighted by Crippen LogP contribution is -2.59. The van der Waals surface area contributed by atoms with Crippen LogP contribution < -0.4 is 5.32 Å². The van der Waals surface area contributed by atoms with E-state index >= 15 is 0 Å². The Morgan fingerprint density at radius 2 is 1.70 bits per heavy atom. The number of esters is 2. The summed E-state index contributed by atoms with van der Waals surface area (Å²) in [5.41, 5.74) is 0.378. The van der Waals surface area contributed by atoms with Gasteiger partial charge < -0.3 is 59.3 Å². The zero-order valence-electron chi connectivity index (χ0n) is 30.9. The number of nitrogens with one attached hydrogen (secondary N) is 1. The predicted molar refractivity (Wildman–Crippen MR) is 189 cm³/mol. The molecule has 54 heavy (non-hydrogen) atoms. The van der Waals surface area contributed by atoms with Crippen LogP contribution in [0.2, 0.25) is 0 Å². The summed E-state index contributed by atoms with van der Waals surface area (Å²) >= 11 is 0. The maximum atomic E-state index is 13.9. The number of rotatable bonds is 15. The van der Waals surface area contributed by atoms with Crippen LogP contribution in [0.3, 0.4) is 0 Å². The monoisotopic (exact) mass is 759 g/mol. The second-order valence-corrected chi connectivity index (χ2v) is 15.8. The van der Waals surface area contributed by atoms with Gasteiger partial charge in [-0.25, -0.2) is 4.79 Å². The van der Waals surface area contributed by atoms with Crippen molar-refractivity contribution in [2.75, 3.05) is 19.8 Å². The van der Waals surface area contributed by atoms with E-state index in [-0.39, 0.29) is 43.3 Å². The van der Waals surface area contributed by atoms with Crippen LogP contribution in [0.25, 0.3) is 6.08 Å². The average molecular weight is 760 g/mol. The SMILES string of the molecule is CC(C)(C)OC(=O)CCC(CO)NC(=O)C1=CC2OC(C3CC3)(C3CC3)OC2C(OC(=O)c2ccccc2C=CCOC2OC(CO)C(O)C(O)C2O)C1. The Kier molecular flexibility index (Phi) is 12.6. The Morgan fingerprint density at radius 3 is 2.35 bits per heavy atom. The summed E-state index contributed by atoms with van der Waals surface area (Å²) in [6, 6.07) is 6.02. The molecule has 2 aliphatic heterocycles. The molecule has 2 saturated carbocycles. The standard InChI is InChI=1S/C39H53NO14/c1-38(2,3)53-30(43)15-14-25(19-41)40-35(47)22-17-27(34-28(18-22)52-39(54-34,23-10-11-23)24-12-13-24)50-36(48)26-9-5-4-7-21(26)8-6-16-49-37-33(46)32(45)31(44)29(20-42)51-37/h4-9,18,23-25,27-29,31-34,37,41-42,44-46H,10-17,19-20H2,1-3H3,(H,40,47). The molecule has 5 aliphatic rings. The van der Waals surface area contributed by atoms with Crippen LogP contribution in [0.15, 0.2) is 42.0 Å². The smallest absolute Gasteiger partial charge is 0.339 e. The van der Waals surface area contributed by atoms with Gasteiger partial charge in [0.15, 0.2) is 12.1 Å². The molecule has 1 amide bonds. The van der Waals surface area contributed by atoms with Gasteiger partial charge in [-0.3, -0.25) is 9.59 Å². The molecule has 298 valence electrons. The van der Waals surface area contributed by atoms with Crippen LogP contribution in [-0.2, 0) is 38.0 Å². The van der Waals surface area contributed by atoms with E-state index in [4.69, 9.17) is 28.4 Å². The number of ether oxygens (including phenoxy) is 6. The zero-order chi connectivity index (χ0) is 38.8. The first-order chi connectivity index (χ1) is 25.7. The minimum absolute atomic E-state index is 0.00272. The molecular weight excluding hydrogens is 706 g/mol. The topological polar surface area (TPSA) is 220 Å². The van der Waals surface area contributed by atoms with Crippen molar-refractivity contribution in [2.45, 2.75) is 132 Å². The van der Waals surface area contributed by atoms with Crippen molar-refractivity contribution in [3.05, 3.63) is 53.1 Å². The largest absolute Gasteiger partial charge is 0.460 e. The molecule has 6 N–H and O–H groups in total. The van der Waals surface area contributed by atoms with E-state index in [9.17, 15) is 39.9 Å². The van der Waals surface area contributed by atoms with E-state index in [0.717, 1.165) is 25.7 Å². The number of benzene rings is 1. The predicted octanol–water partition coefficient (Wildman–Crippen LogP) is 1.27. The molecule has 1 aromatic carbocycles. The Labute approximate surface area is 314 Å². The molecule has 9 atom stereocenters. The number of amides is 1. The van der Waals surface area contributed by atoms with Crippen LogP contribution >= 0.6 is 0 Å². The molecule has 0 radical (unpaired) electrons. The minimum Gasteiger partial charge on any atom is -0.460 e. The molecule has 15 nitrogen and oxygen atoms in total. The van der Waals surface area contributed by atoms with Crippen LogP contribution in [0.5, 0.6) is 0 Å². The molecule has 4 fully saturated rings. The third-order valence-corrected chi connectivity index (χ3v) is 10.3. The fourth-order valence-electron chi connectivity index (χ4n) is 7.30. The first-order valence-electron chi connectivity index (χ1n) is 18.8. The highest BCUT2D eigenvalue weighted by Crippen LogP contribution is 2.59. The zero-order valence-corrected chi connectivity index (χ0v) is 30.9. The summed E-state index contributed by atoms with van der Waals surface area (Å²) in [6.07, 6.45) is -0.254. The quantitative estimate of drug-likeness (QED) is 0.139. The molecule has 2 heterocycles. The fraction of sp³-hybridized carbons (Fsp3) is 0.667. The van der Waals surface area contributed by atoms with E-state index in [1.807, 2.05) is 0 Å². The highest BCUT2D eigenvalue weighted by Gasteiger charge is 2.64. The van der Waals surface area contributed by atoms with Crippen LogP contribution in [-0.4, -0.2) is 130 Å². The molecular formula is C39H53NO14. The molecule has 3 aliphatic carbocycles. The van der Waals surface area contributed by atoms with Crippen molar-refractivity contribution >= 4 is 23.9 Å². The van der Waals surface area contributed by atoms with Gasteiger partial charge in [0, 0.05) is 30.3 Å². The lowest BCUT2D eigenvalue weighted by atomic mass is 9.91. The lowest BCUT2D eigenvalue weighted by Gasteiger charge is -2.39. The number of carbonyl (C=O) groups is 3. The van der Waals surface area contributed by atoms with Gasteiger partial charge in [0.2, 0.25) is 5.91 Å². The van der Waals surface area contributed by atoms with Crippen molar-refractivity contribution < 1.29 is 68.3 Å². The first-order valence-corrected chi connectivity index (χ1v) is 18.8. The van der Waals surface area contributed by atoms with E-state index in [2.05, 4.69) is 5.32 Å². The van der Waals surface area contributed by atoms with E-state index in [1.54, 1.807) is 63.3 Å². The molecule has 2 saturated heterocycles. The number of aliphatic hydroxyl groups excluding tert-OH is 5. The highest BCUT2D eigenvalue weighted by atomic mass is 16.8. The molecule has 6 rings (SSSR count). The number of aliphatic hydroxyl groups is 5. The maximum Gasteiger partial charge on any atom is 0.339 e. The molecule has 15 heteroatoms. The van der Waals surface area contributed by atoms with E-state index < -0.39 is 97.5 Å². The fourth-order valence-corrected chi connectivity index (χ4v) is 7.30. The normalized spacial score (nSPS) is 31.4. The van der Waals surface area contributed by atoms with Crippen LogP contribution in [0, 0.1) is 11.8 Å². The average Bonchev–Trinajstić information content (AvgIpc) is 4.08. The second kappa shape index (κ2) is 16.9.